The fraction of sp³-hybridized carbons (Fsp3) is 0.455. The maximum Gasteiger partial charge on any atom is 0.130 e. The van der Waals surface area contributed by atoms with Crippen LogP contribution in [0.25, 0.3) is 0 Å². The van der Waals surface area contributed by atoms with Crippen molar-refractivity contribution in [1.29, 1.82) is 0 Å². The highest BCUT2D eigenvalue weighted by molar-refractivity contribution is 6.31. The SMILES string of the molecule is CCCC(C)(O)c1c(F)cccc1Cl. The molecule has 1 N–H and O–H groups in total. The molecular formula is C11H14ClFO. The van der Waals surface area contributed by atoms with Gasteiger partial charge in [0.25, 0.3) is 0 Å². The Balaban J connectivity index is 3.17. The molecule has 1 aromatic carbocycles. The Morgan fingerprint density at radius 3 is 2.64 bits per heavy atom. The number of hydrogen-bond acceptors (Lipinski definition) is 1. The molecule has 3 heteroatoms. The van der Waals surface area contributed by atoms with Gasteiger partial charge in [0, 0.05) is 10.6 Å². The van der Waals surface area contributed by atoms with E-state index in [1.54, 1.807) is 13.0 Å². The van der Waals surface area contributed by atoms with Crippen molar-refractivity contribution in [2.75, 3.05) is 0 Å². The maximum atomic E-state index is 13.4. The first kappa shape index (κ1) is 11.5. The van der Waals surface area contributed by atoms with Crippen molar-refractivity contribution < 1.29 is 9.50 Å². The molecule has 0 fully saturated rings. The van der Waals surface area contributed by atoms with E-state index in [0.717, 1.165) is 6.42 Å². The number of rotatable bonds is 3. The van der Waals surface area contributed by atoms with E-state index in [0.29, 0.717) is 6.42 Å². The molecule has 1 aromatic rings. The fourth-order valence-corrected chi connectivity index (χ4v) is 1.99. The lowest BCUT2D eigenvalue weighted by molar-refractivity contribution is 0.0434. The first-order valence-corrected chi connectivity index (χ1v) is 5.03. The van der Waals surface area contributed by atoms with Gasteiger partial charge in [0.05, 0.1) is 5.60 Å². The van der Waals surface area contributed by atoms with Gasteiger partial charge < -0.3 is 5.11 Å². The van der Waals surface area contributed by atoms with Gasteiger partial charge in [-0.25, -0.2) is 4.39 Å². The van der Waals surface area contributed by atoms with E-state index in [9.17, 15) is 9.50 Å². The molecule has 0 amide bonds. The lowest BCUT2D eigenvalue weighted by Gasteiger charge is -2.24. The van der Waals surface area contributed by atoms with E-state index in [-0.39, 0.29) is 10.6 Å². The van der Waals surface area contributed by atoms with Crippen molar-refractivity contribution in [2.24, 2.45) is 0 Å². The van der Waals surface area contributed by atoms with Crippen LogP contribution in [0, 0.1) is 5.82 Å². The summed E-state index contributed by atoms with van der Waals surface area (Å²) in [5.41, 5.74) is -0.986. The van der Waals surface area contributed by atoms with Gasteiger partial charge in [0.1, 0.15) is 5.82 Å². The predicted molar refractivity (Wildman–Crippen MR) is 55.9 cm³/mol. The zero-order valence-corrected chi connectivity index (χ0v) is 9.11. The second kappa shape index (κ2) is 4.28. The summed E-state index contributed by atoms with van der Waals surface area (Å²) in [5, 5.41) is 10.3. The smallest absolute Gasteiger partial charge is 0.130 e. The zero-order chi connectivity index (χ0) is 10.8. The summed E-state index contributed by atoms with van der Waals surface area (Å²) in [6.07, 6.45) is 1.27. The molecule has 0 spiro atoms. The van der Waals surface area contributed by atoms with Crippen LogP contribution < -0.4 is 0 Å². The van der Waals surface area contributed by atoms with Crippen LogP contribution in [0.4, 0.5) is 4.39 Å². The summed E-state index contributed by atoms with van der Waals surface area (Å²) < 4.78 is 13.4. The van der Waals surface area contributed by atoms with Crippen molar-refractivity contribution in [3.63, 3.8) is 0 Å². The van der Waals surface area contributed by atoms with Gasteiger partial charge in [-0.2, -0.15) is 0 Å². The van der Waals surface area contributed by atoms with Crippen molar-refractivity contribution in [2.45, 2.75) is 32.3 Å². The summed E-state index contributed by atoms with van der Waals surface area (Å²) in [7, 11) is 0. The Bertz CT molecular complexity index is 303. The van der Waals surface area contributed by atoms with E-state index < -0.39 is 11.4 Å². The molecule has 0 heterocycles. The highest BCUT2D eigenvalue weighted by Gasteiger charge is 2.27. The Morgan fingerprint density at radius 1 is 1.50 bits per heavy atom. The van der Waals surface area contributed by atoms with Crippen LogP contribution in [0.15, 0.2) is 18.2 Å². The minimum atomic E-state index is -1.18. The van der Waals surface area contributed by atoms with Crippen LogP contribution >= 0.6 is 11.6 Å². The lowest BCUT2D eigenvalue weighted by atomic mass is 9.91. The summed E-state index contributed by atoms with van der Waals surface area (Å²) in [5.74, 6) is -0.448. The molecule has 0 radical (unpaired) electrons. The quantitative estimate of drug-likeness (QED) is 0.820. The molecule has 0 aliphatic heterocycles. The third-order valence-electron chi connectivity index (χ3n) is 2.24. The van der Waals surface area contributed by atoms with Crippen molar-refractivity contribution in [3.05, 3.63) is 34.6 Å². The lowest BCUT2D eigenvalue weighted by Crippen LogP contribution is -2.22. The second-order valence-electron chi connectivity index (χ2n) is 3.62. The molecule has 0 aliphatic carbocycles. The zero-order valence-electron chi connectivity index (χ0n) is 8.35. The molecule has 0 saturated heterocycles. The Labute approximate surface area is 88.5 Å². The van der Waals surface area contributed by atoms with Crippen molar-refractivity contribution in [1.82, 2.24) is 0 Å². The predicted octanol–water partition coefficient (Wildman–Crippen LogP) is 3.49. The van der Waals surface area contributed by atoms with E-state index in [4.69, 9.17) is 11.6 Å². The van der Waals surface area contributed by atoms with Crippen LogP contribution in [0.3, 0.4) is 0 Å². The second-order valence-corrected chi connectivity index (χ2v) is 4.03. The molecule has 0 saturated carbocycles. The van der Waals surface area contributed by atoms with Crippen LogP contribution in [-0.4, -0.2) is 5.11 Å². The Hall–Kier alpha value is -0.600. The standard InChI is InChI=1S/C11H14ClFO/c1-3-7-11(2,14)10-8(12)5-4-6-9(10)13/h4-6,14H,3,7H2,1-2H3. The third kappa shape index (κ3) is 2.25. The summed E-state index contributed by atoms with van der Waals surface area (Å²) in [6, 6.07) is 4.43. The van der Waals surface area contributed by atoms with Gasteiger partial charge in [0.15, 0.2) is 0 Å². The minimum absolute atomic E-state index is 0.198. The largest absolute Gasteiger partial charge is 0.385 e. The molecular weight excluding hydrogens is 203 g/mol. The van der Waals surface area contributed by atoms with Crippen LogP contribution in [-0.2, 0) is 5.60 Å². The van der Waals surface area contributed by atoms with Crippen LogP contribution in [0.1, 0.15) is 32.3 Å². The van der Waals surface area contributed by atoms with E-state index in [1.165, 1.54) is 12.1 Å². The topological polar surface area (TPSA) is 20.2 Å². The van der Waals surface area contributed by atoms with Gasteiger partial charge in [-0.3, -0.25) is 0 Å². The average molecular weight is 217 g/mol. The summed E-state index contributed by atoms with van der Waals surface area (Å²) >= 11 is 5.85. The van der Waals surface area contributed by atoms with Crippen molar-refractivity contribution >= 4 is 11.6 Å². The first-order chi connectivity index (χ1) is 6.49. The van der Waals surface area contributed by atoms with Gasteiger partial charge in [-0.15, -0.1) is 0 Å². The van der Waals surface area contributed by atoms with Gasteiger partial charge in [0.2, 0.25) is 0 Å². The maximum absolute atomic E-state index is 13.4. The molecule has 1 rings (SSSR count). The third-order valence-corrected chi connectivity index (χ3v) is 2.55. The highest BCUT2D eigenvalue weighted by atomic mass is 35.5. The summed E-state index contributed by atoms with van der Waals surface area (Å²) in [6.45, 7) is 3.52. The molecule has 0 bridgehead atoms. The normalized spacial score (nSPS) is 15.2. The molecule has 14 heavy (non-hydrogen) atoms. The Morgan fingerprint density at radius 2 is 2.14 bits per heavy atom. The van der Waals surface area contributed by atoms with E-state index in [1.807, 2.05) is 6.92 Å². The molecule has 1 atom stereocenters. The van der Waals surface area contributed by atoms with E-state index in [2.05, 4.69) is 0 Å². The minimum Gasteiger partial charge on any atom is -0.385 e. The van der Waals surface area contributed by atoms with Crippen LogP contribution in [0.2, 0.25) is 5.02 Å². The molecule has 1 unspecified atom stereocenters. The van der Waals surface area contributed by atoms with Crippen LogP contribution in [0.5, 0.6) is 0 Å². The summed E-state index contributed by atoms with van der Waals surface area (Å²) in [4.78, 5) is 0. The first-order valence-electron chi connectivity index (χ1n) is 4.66. The molecule has 1 nitrogen and oxygen atoms in total. The monoisotopic (exact) mass is 216 g/mol. The molecule has 0 aromatic heterocycles. The number of aliphatic hydroxyl groups is 1. The van der Waals surface area contributed by atoms with Gasteiger partial charge in [-0.05, 0) is 25.5 Å². The highest BCUT2D eigenvalue weighted by Crippen LogP contribution is 2.33. The number of hydrogen-bond donors (Lipinski definition) is 1. The van der Waals surface area contributed by atoms with Gasteiger partial charge >= 0.3 is 0 Å². The number of benzene rings is 1. The fourth-order valence-electron chi connectivity index (χ4n) is 1.62. The Kier molecular flexibility index (Phi) is 3.51. The average Bonchev–Trinajstić information content (AvgIpc) is 2.02. The van der Waals surface area contributed by atoms with Crippen molar-refractivity contribution in [3.8, 4) is 0 Å². The molecule has 0 aliphatic rings. The number of halogens is 2. The van der Waals surface area contributed by atoms with E-state index >= 15 is 0 Å². The molecule has 78 valence electrons. The van der Waals surface area contributed by atoms with Gasteiger partial charge in [-0.1, -0.05) is 31.0 Å².